The number of amides is 4. The van der Waals surface area contributed by atoms with Crippen molar-refractivity contribution in [2.24, 2.45) is 35.5 Å². The number of piperidine rings is 1. The predicted octanol–water partition coefficient (Wildman–Crippen LogP) is 15.6. The maximum Gasteiger partial charge on any atom is 0.281 e. The monoisotopic (exact) mass is 2090 g/mol. The largest absolute Gasteiger partial charge is 0.494 e. The van der Waals surface area contributed by atoms with Gasteiger partial charge in [-0.3, -0.25) is 19.2 Å². The van der Waals surface area contributed by atoms with Gasteiger partial charge in [0.05, 0.1) is 64.3 Å². The van der Waals surface area contributed by atoms with E-state index < -0.39 is 75.4 Å². The van der Waals surface area contributed by atoms with Gasteiger partial charge in [0, 0.05) is 96.0 Å². The second-order valence-electron chi connectivity index (χ2n) is 38.6. The molecule has 12 aromatic rings. The Labute approximate surface area is 853 Å². The molecule has 4 atom stereocenters. The Morgan fingerprint density at radius 3 is 1.25 bits per heavy atom. The van der Waals surface area contributed by atoms with Crippen LogP contribution in [0, 0.1) is 47.1 Å². The van der Waals surface area contributed by atoms with E-state index >= 15 is 0 Å². The number of anilines is 8. The summed E-state index contributed by atoms with van der Waals surface area (Å²) in [4.78, 5) is 99.9. The lowest BCUT2D eigenvalue weighted by Gasteiger charge is -2.34. The number of carbonyl (C=O) groups is 4. The number of hydrogen-bond acceptors (Lipinski definition) is 32. The summed E-state index contributed by atoms with van der Waals surface area (Å²) >= 11 is 6.02. The van der Waals surface area contributed by atoms with Crippen LogP contribution in [0.4, 0.5) is 55.3 Å². The van der Waals surface area contributed by atoms with Gasteiger partial charge in [0.1, 0.15) is 69.7 Å². The lowest BCUT2D eigenvalue weighted by molar-refractivity contribution is 0.0972. The van der Waals surface area contributed by atoms with E-state index in [9.17, 15) is 61.6 Å². The van der Waals surface area contributed by atoms with E-state index in [-0.39, 0.29) is 94.2 Å². The third-order valence-electron chi connectivity index (χ3n) is 25.0. The minimum atomic E-state index is -4.29. The Hall–Kier alpha value is -14.4. The maximum atomic E-state index is 14.9. The molecule has 4 saturated heterocycles. The normalized spacial score (nSPS) is 17.0. The number of nitrogen functional groups attached to an aromatic ring is 4. The predicted molar refractivity (Wildman–Crippen MR) is 556 cm³/mol. The van der Waals surface area contributed by atoms with Gasteiger partial charge in [-0.2, -0.15) is 33.7 Å². The lowest BCUT2D eigenvalue weighted by Crippen LogP contribution is -2.41. The third-order valence-corrected chi connectivity index (χ3v) is 30.2. The highest BCUT2D eigenvalue weighted by atomic mass is 35.5. The minimum absolute atomic E-state index is 0.00861. The molecule has 3 aromatic carbocycles. The highest BCUT2D eigenvalue weighted by Crippen LogP contribution is 2.44. The molecule has 4 amide bonds. The smallest absolute Gasteiger partial charge is 0.281 e. The molecule has 146 heavy (non-hydrogen) atoms. The van der Waals surface area contributed by atoms with Crippen molar-refractivity contribution in [3.8, 4) is 62.4 Å². The highest BCUT2D eigenvalue weighted by molar-refractivity contribution is 7.91. The molecule has 770 valence electrons. The van der Waals surface area contributed by atoms with Crippen LogP contribution in [0.25, 0.3) is 45.0 Å². The SMILES string of the molecule is CC(C)COc1ccc(F)c(-c2ccc(C(=O)NS(=O)(=O)c3cccc(N)n3)c(N3CCC(C)CC3)n2)c1.CC(C)Oc1ccc(-c2ccc(C(=O)NS(=O)(=O)c3cccc(N)n3)c(N3CC4CCCC4C3)n2)cn1.CC1CN(c2nc(-c3ccc(Cl)cc3)ccc2C(=O)NS(=O)(=O)c2cccc(N)n2)C(C)(C)C1.CCOc1cc(F)cc(-c2ccc(C(=O)NS(=O)(=O)c3cccc(N)n3)c(N3CC(C)CC3(C)C)n2)c1. The van der Waals surface area contributed by atoms with Crippen LogP contribution in [0.1, 0.15) is 169 Å². The van der Waals surface area contributed by atoms with Gasteiger partial charge in [0.25, 0.3) is 63.7 Å². The minimum Gasteiger partial charge on any atom is -0.494 e. The molecule has 17 rings (SSSR count). The van der Waals surface area contributed by atoms with E-state index in [1.807, 2.05) is 69.5 Å². The van der Waals surface area contributed by atoms with Crippen molar-refractivity contribution < 1.29 is 75.8 Å². The zero-order valence-corrected chi connectivity index (χ0v) is 86.7. The van der Waals surface area contributed by atoms with E-state index in [2.05, 4.69) is 93.2 Å². The fourth-order valence-corrected chi connectivity index (χ4v) is 22.2. The fraction of sp³-hybridized carbons (Fsp3) is 0.350. The third kappa shape index (κ3) is 26.5. The molecule has 13 heterocycles. The van der Waals surface area contributed by atoms with Gasteiger partial charge < -0.3 is 56.7 Å². The molecule has 43 heteroatoms. The number of aromatic nitrogens is 9. The Bertz CT molecular complexity index is 7330. The summed E-state index contributed by atoms with van der Waals surface area (Å²) in [6.45, 7) is 29.3. The average molecular weight is 2090 g/mol. The summed E-state index contributed by atoms with van der Waals surface area (Å²) in [5.74, 6) is 1.33. The van der Waals surface area contributed by atoms with Crippen molar-refractivity contribution in [1.82, 2.24) is 63.7 Å². The van der Waals surface area contributed by atoms with Crippen LogP contribution in [0.2, 0.25) is 5.02 Å². The van der Waals surface area contributed by atoms with E-state index in [0.717, 1.165) is 62.7 Å². The number of nitrogens with two attached hydrogens (primary N) is 4. The Morgan fingerprint density at radius 2 is 0.842 bits per heavy atom. The molecule has 9 aromatic heterocycles. The summed E-state index contributed by atoms with van der Waals surface area (Å²) in [5, 5.41) is -0.787. The zero-order chi connectivity index (χ0) is 105. The Morgan fingerprint density at radius 1 is 0.438 bits per heavy atom. The second kappa shape index (κ2) is 45.1. The van der Waals surface area contributed by atoms with Gasteiger partial charge >= 0.3 is 0 Å². The van der Waals surface area contributed by atoms with Crippen LogP contribution >= 0.6 is 11.6 Å². The molecule has 36 nitrogen and oxygen atoms in total. The quantitative estimate of drug-likeness (QED) is 0.0237. The zero-order valence-electron chi connectivity index (χ0n) is 82.7. The number of nitrogens with zero attached hydrogens (tertiary/aromatic N) is 13. The Kier molecular flexibility index (Phi) is 33.2. The molecule has 0 spiro atoms. The highest BCUT2D eigenvalue weighted by Gasteiger charge is 2.43. The summed E-state index contributed by atoms with van der Waals surface area (Å²) < 4.78 is 157. The number of benzene rings is 3. The number of carbonyl (C=O) groups excluding carboxylic acids is 4. The van der Waals surface area contributed by atoms with Crippen LogP contribution in [0.15, 0.2) is 220 Å². The van der Waals surface area contributed by atoms with Gasteiger partial charge in [-0.25, -0.2) is 72.5 Å². The molecule has 4 aliphatic heterocycles. The first-order chi connectivity index (χ1) is 69.1. The molecule has 0 bridgehead atoms. The van der Waals surface area contributed by atoms with E-state index in [4.69, 9.17) is 63.7 Å². The molecule has 0 radical (unpaired) electrons. The van der Waals surface area contributed by atoms with E-state index in [1.165, 1.54) is 116 Å². The van der Waals surface area contributed by atoms with E-state index in [1.54, 1.807) is 79.9 Å². The fourth-order valence-electron chi connectivity index (χ4n) is 18.3. The molecule has 4 unspecified atom stereocenters. The number of fused-ring (bicyclic) bond motifs is 1. The maximum absolute atomic E-state index is 14.9. The standard InChI is InChI=1S/C27H32FN5O4S.C26H30FN5O4S.C26H30N6O4S.C24H26ClN5O3S/c1-17(2)16-37-19-7-9-22(28)21(15-19)23-10-8-20(26(30-23)33-13-11-18(3)12-14-33)27(34)32-38(35,36)25-6-4-5-24(29)31-25;1-5-36-19-12-17(11-18(27)13-19)21-10-9-20(24(29-21)32-15-16(2)14-26(32,3)4)25(33)31-37(34,35)23-8-6-7-22(28)30-23;1-16(2)36-23-12-9-17(13-28-23)21-11-10-20(25(29-21)32-14-18-5-3-6-19(18)15-32)26(33)31-37(34,35)24-8-4-7-22(27)30-24;1-15-13-24(2,3)30(14-15)22-18(11-12-19(27-22)16-7-9-17(25)10-8-16)23(31)29-34(32,33)21-6-4-5-20(26)28-21/h4-10,15,17-18H,11-14,16H2,1-3H3,(H2,29,31)(H,32,34);6-13,16H,5,14-15H2,1-4H3,(H2,28,30)(H,31,33);4,7-13,16,18-19H,3,5-6,14-15H2,1-2H3,(H2,27,30)(H,31,33);4-12,15H,13-14H2,1-3H3,(H2,26,28)(H,29,31). The van der Waals surface area contributed by atoms with Gasteiger partial charge in [0.2, 0.25) is 5.88 Å². The number of rotatable bonds is 27. The number of nitrogens with one attached hydrogen (secondary N) is 4. The molecule has 1 aliphatic carbocycles. The number of ether oxygens (including phenoxy) is 3. The Balaban J connectivity index is 0.000000154. The molecule has 12 N–H and O–H groups in total. The first-order valence-corrected chi connectivity index (χ1v) is 53.9. The number of pyridine rings is 9. The molecule has 5 aliphatic rings. The summed E-state index contributed by atoms with van der Waals surface area (Å²) in [6.07, 6.45) is 8.72. The van der Waals surface area contributed by atoms with Crippen molar-refractivity contribution >= 4 is 122 Å². The first kappa shape index (κ1) is 107. The van der Waals surface area contributed by atoms with Crippen LogP contribution < -0.4 is 75.6 Å². The summed E-state index contributed by atoms with van der Waals surface area (Å²) in [5.41, 5.74) is 26.6. The number of hydrogen-bond donors (Lipinski definition) is 8. The lowest BCUT2D eigenvalue weighted by atomic mass is 9.97. The average Bonchev–Trinajstić information content (AvgIpc) is 1.53. The van der Waals surface area contributed by atoms with Gasteiger partial charge in [-0.1, -0.05) is 89.0 Å². The van der Waals surface area contributed by atoms with Gasteiger partial charge in [-0.05, 0) is 268 Å². The first-order valence-electron chi connectivity index (χ1n) is 47.6. The molecular weight excluding hydrogens is 1970 g/mol. The number of sulfonamides is 4. The van der Waals surface area contributed by atoms with Crippen molar-refractivity contribution in [1.29, 1.82) is 0 Å². The van der Waals surface area contributed by atoms with Crippen molar-refractivity contribution in [2.45, 2.75) is 165 Å². The van der Waals surface area contributed by atoms with E-state index in [0.29, 0.717) is 143 Å². The van der Waals surface area contributed by atoms with Crippen LogP contribution in [-0.2, 0) is 40.1 Å². The molecule has 1 saturated carbocycles. The van der Waals surface area contributed by atoms with Crippen molar-refractivity contribution in [3.05, 3.63) is 239 Å². The van der Waals surface area contributed by atoms with Gasteiger partial charge in [0.15, 0.2) is 20.1 Å². The summed E-state index contributed by atoms with van der Waals surface area (Å²) in [7, 11) is -17.0. The number of halogens is 3. The van der Waals surface area contributed by atoms with Crippen molar-refractivity contribution in [3.63, 3.8) is 0 Å². The van der Waals surface area contributed by atoms with Gasteiger partial charge in [-0.15, -0.1) is 0 Å². The van der Waals surface area contributed by atoms with Crippen molar-refractivity contribution in [2.75, 3.05) is 95.0 Å². The summed E-state index contributed by atoms with van der Waals surface area (Å²) in [6, 6.07) is 49.0. The molecular formula is C103H118ClF2N21O15S4. The van der Waals surface area contributed by atoms with Crippen LogP contribution in [0.5, 0.6) is 17.4 Å². The topological polar surface area (TPSA) is 514 Å². The van der Waals surface area contributed by atoms with Crippen LogP contribution in [0.3, 0.4) is 0 Å². The second-order valence-corrected chi connectivity index (χ2v) is 45.6. The molecule has 5 fully saturated rings. The van der Waals surface area contributed by atoms with Crippen LogP contribution in [-0.4, -0.2) is 172 Å².